The van der Waals surface area contributed by atoms with Gasteiger partial charge >= 0.3 is 6.09 Å². The third kappa shape index (κ3) is 6.05. The lowest BCUT2D eigenvalue weighted by molar-refractivity contribution is 0.0474. The van der Waals surface area contributed by atoms with E-state index in [1.165, 1.54) is 5.57 Å². The quantitative estimate of drug-likeness (QED) is 0.808. The van der Waals surface area contributed by atoms with Crippen molar-refractivity contribution in [1.29, 1.82) is 0 Å². The van der Waals surface area contributed by atoms with Gasteiger partial charge in [0.05, 0.1) is 13.4 Å². The predicted octanol–water partition coefficient (Wildman–Crippen LogP) is 3.45. The number of carbonyl (C=O) groups excluding carboxylic acids is 1. The molecule has 2 fully saturated rings. The fourth-order valence-electron chi connectivity index (χ4n) is 3.52. The molecule has 0 radical (unpaired) electrons. The molecule has 0 spiro atoms. The molecule has 1 N–H and O–H groups in total. The van der Waals surface area contributed by atoms with Crippen molar-refractivity contribution in [2.45, 2.75) is 77.0 Å². The summed E-state index contributed by atoms with van der Waals surface area (Å²) in [4.78, 5) is 14.5. The first-order valence-corrected chi connectivity index (χ1v) is 8.81. The molecule has 0 atom stereocenters. The highest BCUT2D eigenvalue weighted by Gasteiger charge is 2.29. The Bertz CT molecular complexity index is 410. The molecule has 2 rings (SSSR count). The Hall–Kier alpha value is -1.23. The Kier molecular flexibility index (Phi) is 6.33. The molecular weight excluding hydrogens is 292 g/mol. The highest BCUT2D eigenvalue weighted by molar-refractivity contribution is 5.68. The van der Waals surface area contributed by atoms with Gasteiger partial charge in [0.1, 0.15) is 5.60 Å². The summed E-state index contributed by atoms with van der Waals surface area (Å²) < 4.78 is 10.5. The molecule has 23 heavy (non-hydrogen) atoms. The number of carbonyl (C=O) groups is 1. The van der Waals surface area contributed by atoms with Gasteiger partial charge < -0.3 is 14.8 Å². The maximum absolute atomic E-state index is 11.8. The van der Waals surface area contributed by atoms with Crippen LogP contribution in [-0.4, -0.2) is 48.9 Å². The Morgan fingerprint density at radius 1 is 1.17 bits per heavy atom. The highest BCUT2D eigenvalue weighted by atomic mass is 16.6. The van der Waals surface area contributed by atoms with E-state index < -0.39 is 5.60 Å². The minimum absolute atomic E-state index is 0.259. The van der Waals surface area contributed by atoms with Crippen LogP contribution in [0.4, 0.5) is 4.79 Å². The van der Waals surface area contributed by atoms with E-state index in [1.54, 1.807) is 7.11 Å². The molecule has 0 bridgehead atoms. The van der Waals surface area contributed by atoms with Crippen LogP contribution in [0.3, 0.4) is 0 Å². The minimum atomic E-state index is -0.428. The lowest BCUT2D eigenvalue weighted by atomic mass is 9.89. The summed E-state index contributed by atoms with van der Waals surface area (Å²) in [5.41, 5.74) is 0.992. The zero-order chi connectivity index (χ0) is 16.9. The number of ether oxygens (including phenoxy) is 2. The number of nitrogens with zero attached hydrogens (tertiary/aromatic N) is 1. The number of alkyl carbamates (subject to hydrolysis) is 1. The zero-order valence-corrected chi connectivity index (χ0v) is 15.1. The van der Waals surface area contributed by atoms with E-state index in [1.807, 2.05) is 27.0 Å². The molecule has 0 aromatic rings. The fraction of sp³-hybridized carbons (Fsp3) is 0.833. The van der Waals surface area contributed by atoms with E-state index >= 15 is 0 Å². The number of nitrogens with one attached hydrogen (secondary N) is 1. The first-order chi connectivity index (χ1) is 10.9. The number of rotatable bonds is 3. The summed E-state index contributed by atoms with van der Waals surface area (Å²) in [5, 5.41) is 3.02. The molecule has 1 heterocycles. The van der Waals surface area contributed by atoms with Crippen LogP contribution in [0.25, 0.3) is 0 Å². The van der Waals surface area contributed by atoms with Crippen molar-refractivity contribution in [3.8, 4) is 0 Å². The van der Waals surface area contributed by atoms with Gasteiger partial charge in [0.15, 0.2) is 0 Å². The van der Waals surface area contributed by atoms with Crippen molar-refractivity contribution in [3.63, 3.8) is 0 Å². The number of piperidine rings is 1. The van der Waals surface area contributed by atoms with Crippen molar-refractivity contribution in [1.82, 2.24) is 10.2 Å². The average molecular weight is 324 g/mol. The Morgan fingerprint density at radius 3 is 2.30 bits per heavy atom. The highest BCUT2D eigenvalue weighted by Crippen LogP contribution is 2.27. The minimum Gasteiger partial charge on any atom is -0.504 e. The van der Waals surface area contributed by atoms with Gasteiger partial charge in [0.2, 0.25) is 0 Å². The number of hydrogen-bond donors (Lipinski definition) is 1. The van der Waals surface area contributed by atoms with E-state index in [9.17, 15) is 4.79 Å². The predicted molar refractivity (Wildman–Crippen MR) is 91.3 cm³/mol. The van der Waals surface area contributed by atoms with Crippen molar-refractivity contribution in [2.75, 3.05) is 20.2 Å². The van der Waals surface area contributed by atoms with Crippen LogP contribution >= 0.6 is 0 Å². The molecule has 1 saturated carbocycles. The lowest BCUT2D eigenvalue weighted by Gasteiger charge is -2.39. The summed E-state index contributed by atoms with van der Waals surface area (Å²) in [6.45, 7) is 7.94. The number of hydrogen-bond acceptors (Lipinski definition) is 4. The number of amides is 1. The fourth-order valence-corrected chi connectivity index (χ4v) is 3.52. The molecule has 0 unspecified atom stereocenters. The SMILES string of the molecule is COC=C1CCN(C2CCC(NC(=O)OC(C)(C)C)CC2)CC1. The van der Waals surface area contributed by atoms with E-state index in [0.29, 0.717) is 6.04 Å². The second-order valence-electron chi connectivity index (χ2n) is 7.70. The standard InChI is InChI=1S/C18H32N2O3/c1-18(2,3)23-17(21)19-15-5-7-16(8-6-15)20-11-9-14(10-12-20)13-22-4/h13,15-16H,5-12H2,1-4H3,(H,19,21). The van der Waals surface area contributed by atoms with Crippen LogP contribution in [0.2, 0.25) is 0 Å². The van der Waals surface area contributed by atoms with Crippen molar-refractivity contribution >= 4 is 6.09 Å². The normalized spacial score (nSPS) is 26.5. The van der Waals surface area contributed by atoms with Gasteiger partial charge in [-0.25, -0.2) is 4.79 Å². The number of methoxy groups -OCH3 is 1. The smallest absolute Gasteiger partial charge is 0.407 e. The van der Waals surface area contributed by atoms with Crippen molar-refractivity contribution in [2.24, 2.45) is 0 Å². The van der Waals surface area contributed by atoms with Gasteiger partial charge in [-0.05, 0) is 64.9 Å². The topological polar surface area (TPSA) is 50.8 Å². The molecule has 1 amide bonds. The second-order valence-corrected chi connectivity index (χ2v) is 7.70. The maximum atomic E-state index is 11.8. The molecule has 2 aliphatic rings. The second kappa shape index (κ2) is 8.04. The molecule has 1 aliphatic carbocycles. The molecule has 0 aromatic heterocycles. The van der Waals surface area contributed by atoms with E-state index in [4.69, 9.17) is 9.47 Å². The van der Waals surface area contributed by atoms with Gasteiger partial charge in [-0.3, -0.25) is 4.90 Å². The zero-order valence-electron chi connectivity index (χ0n) is 15.1. The van der Waals surface area contributed by atoms with Crippen LogP contribution in [0.5, 0.6) is 0 Å². The van der Waals surface area contributed by atoms with Crippen LogP contribution < -0.4 is 5.32 Å². The average Bonchev–Trinajstić information content (AvgIpc) is 2.47. The largest absolute Gasteiger partial charge is 0.504 e. The first-order valence-electron chi connectivity index (χ1n) is 8.81. The van der Waals surface area contributed by atoms with Gasteiger partial charge in [-0.15, -0.1) is 0 Å². The van der Waals surface area contributed by atoms with Gasteiger partial charge in [-0.1, -0.05) is 0 Å². The summed E-state index contributed by atoms with van der Waals surface area (Å²) >= 11 is 0. The van der Waals surface area contributed by atoms with E-state index in [2.05, 4.69) is 10.2 Å². The molecule has 5 heteroatoms. The third-order valence-corrected chi connectivity index (χ3v) is 4.66. The maximum Gasteiger partial charge on any atom is 0.407 e. The van der Waals surface area contributed by atoms with Crippen LogP contribution in [0.1, 0.15) is 59.3 Å². The molecule has 132 valence electrons. The van der Waals surface area contributed by atoms with Crippen molar-refractivity contribution in [3.05, 3.63) is 11.8 Å². The molecule has 0 aromatic carbocycles. The molecular formula is C18H32N2O3. The first kappa shape index (κ1) is 18.1. The van der Waals surface area contributed by atoms with Gasteiger partial charge in [0, 0.05) is 25.2 Å². The van der Waals surface area contributed by atoms with Crippen LogP contribution in [-0.2, 0) is 9.47 Å². The molecule has 1 aliphatic heterocycles. The number of likely N-dealkylation sites (tertiary alicyclic amines) is 1. The summed E-state index contributed by atoms with van der Waals surface area (Å²) in [6, 6.07) is 0.922. The van der Waals surface area contributed by atoms with E-state index in [0.717, 1.165) is 51.6 Å². The molecule has 1 saturated heterocycles. The van der Waals surface area contributed by atoms with Gasteiger partial charge in [0.25, 0.3) is 0 Å². The Labute approximate surface area is 140 Å². The monoisotopic (exact) mass is 324 g/mol. The van der Waals surface area contributed by atoms with Crippen LogP contribution in [0, 0.1) is 0 Å². The van der Waals surface area contributed by atoms with Gasteiger partial charge in [-0.2, -0.15) is 0 Å². The lowest BCUT2D eigenvalue weighted by Crippen LogP contribution is -2.46. The van der Waals surface area contributed by atoms with Crippen LogP contribution in [0.15, 0.2) is 11.8 Å². The Morgan fingerprint density at radius 2 is 1.78 bits per heavy atom. The van der Waals surface area contributed by atoms with E-state index in [-0.39, 0.29) is 12.1 Å². The third-order valence-electron chi connectivity index (χ3n) is 4.66. The Balaban J connectivity index is 1.70. The summed E-state index contributed by atoms with van der Waals surface area (Å²) in [6.07, 6.45) is 8.25. The summed E-state index contributed by atoms with van der Waals surface area (Å²) in [5.74, 6) is 0. The molecule has 5 nitrogen and oxygen atoms in total. The van der Waals surface area contributed by atoms with Crippen molar-refractivity contribution < 1.29 is 14.3 Å². The summed E-state index contributed by atoms with van der Waals surface area (Å²) in [7, 11) is 1.72.